The van der Waals surface area contributed by atoms with E-state index in [1.807, 2.05) is 37.3 Å². The molecule has 1 atom stereocenters. The molecule has 0 aliphatic rings. The highest BCUT2D eigenvalue weighted by Gasteiger charge is 2.12. The van der Waals surface area contributed by atoms with Crippen LogP contribution in [0.15, 0.2) is 57.9 Å². The molecule has 6 nitrogen and oxygen atoms in total. The highest BCUT2D eigenvalue weighted by Crippen LogP contribution is 2.23. The van der Waals surface area contributed by atoms with E-state index in [0.717, 1.165) is 16.7 Å². The van der Waals surface area contributed by atoms with E-state index in [9.17, 15) is 4.79 Å². The van der Waals surface area contributed by atoms with Crippen LogP contribution < -0.4 is 10.9 Å². The predicted molar refractivity (Wildman–Crippen MR) is 87.3 cm³/mol. The molecule has 0 aliphatic heterocycles. The van der Waals surface area contributed by atoms with E-state index in [4.69, 9.17) is 4.42 Å². The van der Waals surface area contributed by atoms with Gasteiger partial charge in [-0.05, 0) is 19.1 Å². The van der Waals surface area contributed by atoms with Gasteiger partial charge in [-0.3, -0.25) is 9.89 Å². The summed E-state index contributed by atoms with van der Waals surface area (Å²) in [5.41, 5.74) is 2.08. The number of aromatic nitrogens is 3. The van der Waals surface area contributed by atoms with Crippen molar-refractivity contribution in [2.75, 3.05) is 0 Å². The Labute approximate surface area is 131 Å². The Morgan fingerprint density at radius 1 is 1.30 bits per heavy atom. The molecule has 23 heavy (non-hydrogen) atoms. The smallest absolute Gasteiger partial charge is 0.272 e. The van der Waals surface area contributed by atoms with Gasteiger partial charge in [-0.15, -0.1) is 0 Å². The summed E-state index contributed by atoms with van der Waals surface area (Å²) in [6, 6.07) is 13.3. The second-order valence-corrected chi connectivity index (χ2v) is 5.53. The van der Waals surface area contributed by atoms with Crippen LogP contribution in [0.3, 0.4) is 0 Å². The van der Waals surface area contributed by atoms with E-state index in [2.05, 4.69) is 15.4 Å². The molecule has 0 spiro atoms. The van der Waals surface area contributed by atoms with Crippen LogP contribution in [0, 0.1) is 0 Å². The summed E-state index contributed by atoms with van der Waals surface area (Å²) in [5, 5.41) is 7.26. The van der Waals surface area contributed by atoms with Crippen molar-refractivity contribution in [1.29, 1.82) is 0 Å². The van der Waals surface area contributed by atoms with Gasteiger partial charge >= 0.3 is 0 Å². The van der Waals surface area contributed by atoms with Crippen molar-refractivity contribution in [3.05, 3.63) is 70.5 Å². The molecule has 2 N–H and O–H groups in total. The van der Waals surface area contributed by atoms with Crippen LogP contribution in [-0.2, 0) is 6.54 Å². The van der Waals surface area contributed by atoms with Gasteiger partial charge in [0.1, 0.15) is 11.3 Å². The van der Waals surface area contributed by atoms with Crippen LogP contribution in [-0.4, -0.2) is 14.6 Å². The third kappa shape index (κ3) is 2.53. The Bertz CT molecular complexity index is 995. The summed E-state index contributed by atoms with van der Waals surface area (Å²) in [6.45, 7) is 2.52. The molecule has 0 saturated carbocycles. The summed E-state index contributed by atoms with van der Waals surface area (Å²) >= 11 is 0. The lowest BCUT2D eigenvalue weighted by molar-refractivity contribution is 0.449. The number of hydrogen-bond acceptors (Lipinski definition) is 4. The van der Waals surface area contributed by atoms with E-state index in [1.54, 1.807) is 12.3 Å². The zero-order valence-corrected chi connectivity index (χ0v) is 12.6. The van der Waals surface area contributed by atoms with Crippen LogP contribution in [0.2, 0.25) is 0 Å². The van der Waals surface area contributed by atoms with Crippen LogP contribution in [0.1, 0.15) is 24.4 Å². The molecule has 0 fully saturated rings. The molecular formula is C17H16N4O2. The lowest BCUT2D eigenvalue weighted by Crippen LogP contribution is -2.21. The average molecular weight is 308 g/mol. The van der Waals surface area contributed by atoms with E-state index < -0.39 is 0 Å². The summed E-state index contributed by atoms with van der Waals surface area (Å²) in [5.74, 6) is 0.866. The number of para-hydroxylation sites is 1. The van der Waals surface area contributed by atoms with Crippen LogP contribution in [0.25, 0.3) is 16.6 Å². The van der Waals surface area contributed by atoms with E-state index >= 15 is 0 Å². The van der Waals surface area contributed by atoms with Crippen molar-refractivity contribution in [3.8, 4) is 0 Å². The zero-order valence-electron chi connectivity index (χ0n) is 12.6. The Hall–Kier alpha value is -2.86. The van der Waals surface area contributed by atoms with E-state index in [0.29, 0.717) is 17.9 Å². The molecule has 0 saturated heterocycles. The highest BCUT2D eigenvalue weighted by molar-refractivity contribution is 5.77. The highest BCUT2D eigenvalue weighted by atomic mass is 16.3. The number of nitrogens with one attached hydrogen (secondary N) is 2. The quantitative estimate of drug-likeness (QED) is 0.607. The second-order valence-electron chi connectivity index (χ2n) is 5.53. The second kappa shape index (κ2) is 5.40. The van der Waals surface area contributed by atoms with Crippen molar-refractivity contribution in [3.63, 3.8) is 0 Å². The molecule has 4 rings (SSSR count). The van der Waals surface area contributed by atoms with Crippen molar-refractivity contribution >= 4 is 16.6 Å². The van der Waals surface area contributed by atoms with Gasteiger partial charge in [0, 0.05) is 30.3 Å². The summed E-state index contributed by atoms with van der Waals surface area (Å²) in [6.07, 6.45) is 1.69. The Balaban J connectivity index is 1.53. The Morgan fingerprint density at radius 3 is 3.04 bits per heavy atom. The van der Waals surface area contributed by atoms with Crippen LogP contribution in [0.5, 0.6) is 0 Å². The summed E-state index contributed by atoms with van der Waals surface area (Å²) in [4.78, 5) is 16.4. The summed E-state index contributed by atoms with van der Waals surface area (Å²) < 4.78 is 7.25. The molecule has 0 amide bonds. The zero-order chi connectivity index (χ0) is 15.8. The fourth-order valence-corrected chi connectivity index (χ4v) is 2.64. The predicted octanol–water partition coefficient (Wildman–Crippen LogP) is 2.62. The number of benzene rings is 1. The molecule has 4 aromatic rings. The molecular weight excluding hydrogens is 292 g/mol. The van der Waals surface area contributed by atoms with Crippen molar-refractivity contribution in [2.45, 2.75) is 19.5 Å². The maximum atomic E-state index is 11.9. The van der Waals surface area contributed by atoms with Gasteiger partial charge in [0.2, 0.25) is 0 Å². The van der Waals surface area contributed by atoms with Crippen molar-refractivity contribution < 1.29 is 4.42 Å². The lowest BCUT2D eigenvalue weighted by atomic mass is 10.2. The first kappa shape index (κ1) is 13.8. The molecule has 116 valence electrons. The lowest BCUT2D eigenvalue weighted by Gasteiger charge is -2.10. The molecule has 3 aromatic heterocycles. The Kier molecular flexibility index (Phi) is 3.24. The van der Waals surface area contributed by atoms with Gasteiger partial charge in [-0.1, -0.05) is 18.2 Å². The molecule has 6 heteroatoms. The molecule has 0 aliphatic carbocycles. The number of nitrogens with zero attached hydrogens (tertiary/aromatic N) is 2. The third-order valence-electron chi connectivity index (χ3n) is 3.89. The fraction of sp³-hybridized carbons (Fsp3) is 0.176. The number of rotatable bonds is 4. The number of hydrogen-bond donors (Lipinski definition) is 2. The molecule has 0 bridgehead atoms. The van der Waals surface area contributed by atoms with Crippen molar-refractivity contribution in [1.82, 2.24) is 19.9 Å². The van der Waals surface area contributed by atoms with Gasteiger partial charge in [-0.25, -0.2) is 9.50 Å². The molecule has 1 aromatic carbocycles. The van der Waals surface area contributed by atoms with Crippen LogP contribution in [0.4, 0.5) is 0 Å². The maximum Gasteiger partial charge on any atom is 0.272 e. The largest absolute Gasteiger partial charge is 0.459 e. The maximum absolute atomic E-state index is 11.9. The standard InChI is InChI=1S/C17H16N4O2/c1-11(15-8-12-4-2-3-5-14(12)23-15)18-10-13-9-17(22)21-16(20-13)6-7-19-21/h2-9,11,18-19H,10H2,1H3/t11-/m1/s1. The molecule has 0 radical (unpaired) electrons. The number of aromatic amines is 1. The summed E-state index contributed by atoms with van der Waals surface area (Å²) in [7, 11) is 0. The van der Waals surface area contributed by atoms with Gasteiger partial charge in [0.05, 0.1) is 11.7 Å². The number of fused-ring (bicyclic) bond motifs is 2. The van der Waals surface area contributed by atoms with E-state index in [-0.39, 0.29) is 11.6 Å². The number of furan rings is 1. The first-order valence-electron chi connectivity index (χ1n) is 7.48. The van der Waals surface area contributed by atoms with Crippen LogP contribution >= 0.6 is 0 Å². The minimum absolute atomic E-state index is 0.0221. The normalized spacial score (nSPS) is 12.9. The SMILES string of the molecule is C[C@@H](NCc1cc(=O)n2[nH]ccc2n1)c1cc2ccccc2o1. The Morgan fingerprint density at radius 2 is 2.17 bits per heavy atom. The first-order chi connectivity index (χ1) is 11.2. The van der Waals surface area contributed by atoms with Gasteiger partial charge in [-0.2, -0.15) is 0 Å². The minimum atomic E-state index is -0.117. The van der Waals surface area contributed by atoms with Gasteiger partial charge in [0.15, 0.2) is 5.65 Å². The minimum Gasteiger partial charge on any atom is -0.459 e. The number of H-pyrrole nitrogens is 1. The van der Waals surface area contributed by atoms with E-state index in [1.165, 1.54) is 10.6 Å². The monoisotopic (exact) mass is 308 g/mol. The third-order valence-corrected chi connectivity index (χ3v) is 3.89. The topological polar surface area (TPSA) is 75.3 Å². The van der Waals surface area contributed by atoms with Crippen molar-refractivity contribution in [2.24, 2.45) is 0 Å². The molecule has 0 unspecified atom stereocenters. The first-order valence-corrected chi connectivity index (χ1v) is 7.48. The molecule has 3 heterocycles. The fourth-order valence-electron chi connectivity index (χ4n) is 2.64. The average Bonchev–Trinajstić information content (AvgIpc) is 3.19. The van der Waals surface area contributed by atoms with Gasteiger partial charge in [0.25, 0.3) is 5.56 Å². The van der Waals surface area contributed by atoms with Gasteiger partial charge < -0.3 is 9.73 Å².